The molecule has 1 heterocycles. The first-order valence-electron chi connectivity index (χ1n) is 6.17. The Balaban J connectivity index is 2.41. The van der Waals surface area contributed by atoms with Crippen LogP contribution in [-0.2, 0) is 4.74 Å². The number of benzene rings is 1. The molecule has 0 bridgehead atoms. The number of nitrogen functional groups attached to an aromatic ring is 1. The fraction of sp³-hybridized carbons (Fsp3) is 0.462. The Labute approximate surface area is 107 Å². The highest BCUT2D eigenvalue weighted by atomic mass is 16.5. The van der Waals surface area contributed by atoms with Crippen LogP contribution in [0.3, 0.4) is 0 Å². The summed E-state index contributed by atoms with van der Waals surface area (Å²) in [6.45, 7) is 4.18. The highest BCUT2D eigenvalue weighted by Gasteiger charge is 2.24. The molecular formula is C13H19N3O2. The van der Waals surface area contributed by atoms with E-state index in [0.717, 1.165) is 18.7 Å². The molecule has 1 atom stereocenters. The second-order valence-electron chi connectivity index (χ2n) is 4.47. The van der Waals surface area contributed by atoms with E-state index in [1.807, 2.05) is 6.07 Å². The zero-order valence-corrected chi connectivity index (χ0v) is 10.6. The molecule has 2 rings (SSSR count). The van der Waals surface area contributed by atoms with Crippen molar-refractivity contribution in [3.63, 3.8) is 0 Å². The van der Waals surface area contributed by atoms with E-state index in [1.165, 1.54) is 0 Å². The van der Waals surface area contributed by atoms with E-state index in [-0.39, 0.29) is 6.04 Å². The zero-order valence-electron chi connectivity index (χ0n) is 10.6. The van der Waals surface area contributed by atoms with Gasteiger partial charge < -0.3 is 21.1 Å². The van der Waals surface area contributed by atoms with Crippen molar-refractivity contribution in [2.75, 3.05) is 30.4 Å². The minimum absolute atomic E-state index is 0.263. The Morgan fingerprint density at radius 3 is 3.00 bits per heavy atom. The lowest BCUT2D eigenvalue weighted by Crippen LogP contribution is -2.46. The van der Waals surface area contributed by atoms with Gasteiger partial charge in [0, 0.05) is 12.2 Å². The number of rotatable bonds is 3. The average Bonchev–Trinajstić information content (AvgIpc) is 2.38. The first-order chi connectivity index (χ1) is 8.63. The Hall–Kier alpha value is -1.75. The van der Waals surface area contributed by atoms with Crippen molar-refractivity contribution >= 4 is 17.3 Å². The Morgan fingerprint density at radius 1 is 1.56 bits per heavy atom. The molecule has 1 aliphatic heterocycles. The lowest BCUT2D eigenvalue weighted by atomic mass is 10.1. The van der Waals surface area contributed by atoms with Gasteiger partial charge in [-0.05, 0) is 24.6 Å². The predicted molar refractivity (Wildman–Crippen MR) is 71.6 cm³/mol. The molecular weight excluding hydrogens is 230 g/mol. The molecule has 1 aromatic rings. The van der Waals surface area contributed by atoms with E-state index >= 15 is 0 Å². The van der Waals surface area contributed by atoms with Gasteiger partial charge in [0.2, 0.25) is 0 Å². The third kappa shape index (κ3) is 2.41. The van der Waals surface area contributed by atoms with Crippen LogP contribution < -0.4 is 16.4 Å². The molecule has 5 nitrogen and oxygen atoms in total. The van der Waals surface area contributed by atoms with Crippen molar-refractivity contribution in [1.29, 1.82) is 0 Å². The summed E-state index contributed by atoms with van der Waals surface area (Å²) >= 11 is 0. The molecule has 0 radical (unpaired) electrons. The Morgan fingerprint density at radius 2 is 2.33 bits per heavy atom. The first kappa shape index (κ1) is 12.7. The molecule has 4 N–H and O–H groups in total. The number of morpholine rings is 1. The fourth-order valence-corrected chi connectivity index (χ4v) is 2.30. The van der Waals surface area contributed by atoms with Crippen molar-refractivity contribution in [3.8, 4) is 0 Å². The lowest BCUT2D eigenvalue weighted by molar-refractivity contribution is 0.0921. The minimum Gasteiger partial charge on any atom is -0.399 e. The Kier molecular flexibility index (Phi) is 3.72. The SMILES string of the molecule is CCC1COCCN1c1cc(N)ccc1C(N)=O. The number of anilines is 2. The second-order valence-corrected chi connectivity index (χ2v) is 4.47. The van der Waals surface area contributed by atoms with Gasteiger partial charge in [0.1, 0.15) is 0 Å². The maximum atomic E-state index is 11.5. The van der Waals surface area contributed by atoms with E-state index in [2.05, 4.69) is 11.8 Å². The minimum atomic E-state index is -0.425. The molecule has 1 aromatic carbocycles. The van der Waals surface area contributed by atoms with Crippen LogP contribution in [0.25, 0.3) is 0 Å². The summed E-state index contributed by atoms with van der Waals surface area (Å²) in [4.78, 5) is 13.7. The van der Waals surface area contributed by atoms with Gasteiger partial charge in [-0.15, -0.1) is 0 Å². The lowest BCUT2D eigenvalue weighted by Gasteiger charge is -2.37. The second kappa shape index (κ2) is 5.27. The van der Waals surface area contributed by atoms with Crippen LogP contribution in [0, 0.1) is 0 Å². The summed E-state index contributed by atoms with van der Waals surface area (Å²) in [5, 5.41) is 0. The van der Waals surface area contributed by atoms with Gasteiger partial charge in [0.15, 0.2) is 0 Å². The van der Waals surface area contributed by atoms with Gasteiger partial charge in [-0.1, -0.05) is 6.92 Å². The third-order valence-electron chi connectivity index (χ3n) is 3.30. The van der Waals surface area contributed by atoms with Crippen LogP contribution in [0.4, 0.5) is 11.4 Å². The van der Waals surface area contributed by atoms with Crippen LogP contribution in [0.5, 0.6) is 0 Å². The predicted octanol–water partition coefficient (Wildman–Crippen LogP) is 0.983. The van der Waals surface area contributed by atoms with E-state index in [4.69, 9.17) is 16.2 Å². The average molecular weight is 249 g/mol. The Bertz CT molecular complexity index is 448. The van der Waals surface area contributed by atoms with Crippen LogP contribution >= 0.6 is 0 Å². The van der Waals surface area contributed by atoms with Crippen molar-refractivity contribution < 1.29 is 9.53 Å². The van der Waals surface area contributed by atoms with Gasteiger partial charge in [-0.25, -0.2) is 0 Å². The molecule has 1 amide bonds. The summed E-state index contributed by atoms with van der Waals surface area (Å²) in [5.74, 6) is -0.425. The standard InChI is InChI=1S/C13H19N3O2/c1-2-10-8-18-6-5-16(10)12-7-9(14)3-4-11(12)13(15)17/h3-4,7,10H,2,5-6,8,14H2,1H3,(H2,15,17). The van der Waals surface area contributed by atoms with E-state index < -0.39 is 5.91 Å². The van der Waals surface area contributed by atoms with E-state index in [1.54, 1.807) is 12.1 Å². The number of primary amides is 1. The summed E-state index contributed by atoms with van der Waals surface area (Å²) < 4.78 is 5.47. The molecule has 98 valence electrons. The van der Waals surface area contributed by atoms with Crippen molar-refractivity contribution in [1.82, 2.24) is 0 Å². The van der Waals surface area contributed by atoms with Crippen LogP contribution in [0.2, 0.25) is 0 Å². The number of ether oxygens (including phenoxy) is 1. The number of amides is 1. The largest absolute Gasteiger partial charge is 0.399 e. The maximum Gasteiger partial charge on any atom is 0.250 e. The zero-order chi connectivity index (χ0) is 13.1. The molecule has 0 saturated carbocycles. The third-order valence-corrected chi connectivity index (χ3v) is 3.30. The molecule has 1 saturated heterocycles. The van der Waals surface area contributed by atoms with Gasteiger partial charge in [0.05, 0.1) is 30.5 Å². The number of carbonyl (C=O) groups is 1. The number of carbonyl (C=O) groups excluding carboxylic acids is 1. The monoisotopic (exact) mass is 249 g/mol. The highest BCUT2D eigenvalue weighted by molar-refractivity contribution is 5.99. The normalized spacial score (nSPS) is 19.8. The first-order valence-corrected chi connectivity index (χ1v) is 6.17. The highest BCUT2D eigenvalue weighted by Crippen LogP contribution is 2.27. The van der Waals surface area contributed by atoms with E-state index in [9.17, 15) is 4.79 Å². The molecule has 0 aliphatic carbocycles. The topological polar surface area (TPSA) is 81.6 Å². The summed E-state index contributed by atoms with van der Waals surface area (Å²) in [7, 11) is 0. The molecule has 5 heteroatoms. The number of hydrogen-bond donors (Lipinski definition) is 2. The number of nitrogens with two attached hydrogens (primary N) is 2. The molecule has 0 aromatic heterocycles. The smallest absolute Gasteiger partial charge is 0.250 e. The fourth-order valence-electron chi connectivity index (χ4n) is 2.30. The van der Waals surface area contributed by atoms with Crippen LogP contribution in [0.15, 0.2) is 18.2 Å². The molecule has 18 heavy (non-hydrogen) atoms. The molecule has 1 aliphatic rings. The van der Waals surface area contributed by atoms with Gasteiger partial charge in [-0.2, -0.15) is 0 Å². The van der Waals surface area contributed by atoms with Crippen LogP contribution in [-0.4, -0.2) is 31.7 Å². The summed E-state index contributed by atoms with van der Waals surface area (Å²) in [6.07, 6.45) is 0.951. The number of hydrogen-bond acceptors (Lipinski definition) is 4. The van der Waals surface area contributed by atoms with Gasteiger partial charge in [0.25, 0.3) is 5.91 Å². The molecule has 1 unspecified atom stereocenters. The van der Waals surface area contributed by atoms with Crippen molar-refractivity contribution in [3.05, 3.63) is 23.8 Å². The summed E-state index contributed by atoms with van der Waals surface area (Å²) in [6, 6.07) is 5.47. The molecule has 0 spiro atoms. The van der Waals surface area contributed by atoms with Crippen molar-refractivity contribution in [2.45, 2.75) is 19.4 Å². The molecule has 1 fully saturated rings. The van der Waals surface area contributed by atoms with Crippen LogP contribution in [0.1, 0.15) is 23.7 Å². The maximum absolute atomic E-state index is 11.5. The van der Waals surface area contributed by atoms with Gasteiger partial charge in [-0.3, -0.25) is 4.79 Å². The quantitative estimate of drug-likeness (QED) is 0.782. The summed E-state index contributed by atoms with van der Waals surface area (Å²) in [5.41, 5.74) is 13.2. The van der Waals surface area contributed by atoms with Gasteiger partial charge >= 0.3 is 0 Å². The van der Waals surface area contributed by atoms with Crippen molar-refractivity contribution in [2.24, 2.45) is 5.73 Å². The number of nitrogens with zero attached hydrogens (tertiary/aromatic N) is 1. The van der Waals surface area contributed by atoms with E-state index in [0.29, 0.717) is 24.5 Å².